The summed E-state index contributed by atoms with van der Waals surface area (Å²) < 4.78 is 10.4. The van der Waals surface area contributed by atoms with E-state index in [4.69, 9.17) is 9.47 Å². The molecule has 1 aliphatic rings. The fraction of sp³-hybridized carbons (Fsp3) is 0.152. The summed E-state index contributed by atoms with van der Waals surface area (Å²) in [5, 5.41) is 9.21. The Balaban J connectivity index is 1.25. The summed E-state index contributed by atoms with van der Waals surface area (Å²) in [5.74, 6) is -1.20. The Morgan fingerprint density at radius 1 is 0.953 bits per heavy atom. The third-order valence-electron chi connectivity index (χ3n) is 6.79. The average molecular weight is 592 g/mol. The number of methoxy groups -OCH3 is 1. The van der Waals surface area contributed by atoms with Gasteiger partial charge in [-0.05, 0) is 67.6 Å². The number of Topliss-reactive ketones (excluding diaryl/α,β-unsaturated/α-hetero) is 1. The molecule has 9 nitrogen and oxygen atoms in total. The number of hydrogen-bond acceptors (Lipinski definition) is 9. The number of imide groups is 1. The maximum atomic E-state index is 13.3. The van der Waals surface area contributed by atoms with Gasteiger partial charge in [0.05, 0.1) is 34.9 Å². The number of nitrogens with zero attached hydrogens (tertiary/aromatic N) is 3. The lowest BCUT2D eigenvalue weighted by Gasteiger charge is -2.15. The Labute approximate surface area is 252 Å². The molecule has 0 saturated carbocycles. The van der Waals surface area contributed by atoms with Crippen molar-refractivity contribution in [2.45, 2.75) is 23.6 Å². The summed E-state index contributed by atoms with van der Waals surface area (Å²) in [7, 11) is 1.58. The number of amides is 2. The van der Waals surface area contributed by atoms with E-state index in [9.17, 15) is 24.4 Å². The van der Waals surface area contributed by atoms with Crippen LogP contribution in [-0.4, -0.2) is 47.5 Å². The molecule has 43 heavy (non-hydrogen) atoms. The number of aromatic nitrogens is 1. The second kappa shape index (κ2) is 12.7. The van der Waals surface area contributed by atoms with Crippen molar-refractivity contribution in [3.05, 3.63) is 107 Å². The molecule has 2 amide bonds. The third kappa shape index (κ3) is 6.47. The Morgan fingerprint density at radius 3 is 2.28 bits per heavy atom. The molecule has 5 rings (SSSR count). The Morgan fingerprint density at radius 2 is 1.63 bits per heavy atom. The summed E-state index contributed by atoms with van der Waals surface area (Å²) in [6.07, 6.45) is -0.0757. The molecule has 1 atom stereocenters. The standard InChI is InChI=1S/C33H25N3O6S/c1-20-3-5-22(6-4-20)28(37)19-42-33(40)23-7-12-25(13-8-23)36-30(38)17-29(32(36)39)43-31-24(18-34)11-16-27(35-31)21-9-14-26(41-2)15-10-21/h3-16,29H,17,19H2,1-2H3. The molecule has 1 saturated heterocycles. The number of thioether (sulfide) groups is 1. The molecule has 0 radical (unpaired) electrons. The number of aryl methyl sites for hydroxylation is 1. The number of pyridine rings is 1. The normalized spacial score (nSPS) is 14.3. The fourth-order valence-corrected chi connectivity index (χ4v) is 5.52. The highest BCUT2D eigenvalue weighted by Crippen LogP contribution is 2.36. The molecule has 3 aromatic carbocycles. The lowest BCUT2D eigenvalue weighted by atomic mass is 10.1. The van der Waals surface area contributed by atoms with Crippen LogP contribution in [0.4, 0.5) is 5.69 Å². The lowest BCUT2D eigenvalue weighted by molar-refractivity contribution is -0.121. The van der Waals surface area contributed by atoms with E-state index < -0.39 is 29.6 Å². The van der Waals surface area contributed by atoms with Gasteiger partial charge in [0.2, 0.25) is 11.8 Å². The second-order valence-electron chi connectivity index (χ2n) is 9.68. The zero-order valence-corrected chi connectivity index (χ0v) is 24.1. The first-order valence-corrected chi connectivity index (χ1v) is 14.1. The molecule has 214 valence electrons. The Kier molecular flexibility index (Phi) is 8.64. The molecular weight excluding hydrogens is 566 g/mol. The number of rotatable bonds is 9. The topological polar surface area (TPSA) is 127 Å². The zero-order valence-electron chi connectivity index (χ0n) is 23.3. The predicted octanol–water partition coefficient (Wildman–Crippen LogP) is 5.40. The summed E-state index contributed by atoms with van der Waals surface area (Å²) in [4.78, 5) is 56.7. The van der Waals surface area contributed by atoms with Gasteiger partial charge < -0.3 is 9.47 Å². The molecule has 4 aromatic rings. The van der Waals surface area contributed by atoms with Crippen molar-refractivity contribution in [3.8, 4) is 23.1 Å². The monoisotopic (exact) mass is 591 g/mol. The predicted molar refractivity (Wildman–Crippen MR) is 160 cm³/mol. The highest BCUT2D eigenvalue weighted by Gasteiger charge is 2.41. The van der Waals surface area contributed by atoms with E-state index in [1.807, 2.05) is 19.1 Å². The first-order chi connectivity index (χ1) is 20.8. The number of anilines is 1. The van der Waals surface area contributed by atoms with Crippen LogP contribution in [0.1, 0.15) is 38.3 Å². The number of esters is 1. The highest BCUT2D eigenvalue weighted by atomic mass is 32.2. The fourth-order valence-electron chi connectivity index (χ4n) is 4.42. The maximum absolute atomic E-state index is 13.3. The van der Waals surface area contributed by atoms with Crippen molar-refractivity contribution < 1.29 is 28.7 Å². The van der Waals surface area contributed by atoms with Gasteiger partial charge in [0.25, 0.3) is 0 Å². The number of ketones is 1. The molecule has 1 unspecified atom stereocenters. The van der Waals surface area contributed by atoms with Gasteiger partial charge >= 0.3 is 5.97 Å². The number of hydrogen-bond donors (Lipinski definition) is 0. The summed E-state index contributed by atoms with van der Waals surface area (Å²) in [6.45, 7) is 1.50. The van der Waals surface area contributed by atoms with Crippen LogP contribution >= 0.6 is 11.8 Å². The van der Waals surface area contributed by atoms with Crippen LogP contribution in [0.25, 0.3) is 11.3 Å². The molecular formula is C33H25N3O6S. The van der Waals surface area contributed by atoms with E-state index in [-0.39, 0.29) is 17.8 Å². The van der Waals surface area contributed by atoms with E-state index in [2.05, 4.69) is 11.1 Å². The van der Waals surface area contributed by atoms with Gasteiger partial charge in [-0.1, -0.05) is 41.6 Å². The average Bonchev–Trinajstić information content (AvgIpc) is 3.31. The number of benzene rings is 3. The van der Waals surface area contributed by atoms with Crippen molar-refractivity contribution in [1.29, 1.82) is 5.26 Å². The summed E-state index contributed by atoms with van der Waals surface area (Å²) in [6, 6.07) is 25.5. The van der Waals surface area contributed by atoms with E-state index in [1.54, 1.807) is 55.6 Å². The molecule has 1 fully saturated rings. The van der Waals surface area contributed by atoms with Gasteiger partial charge in [-0.3, -0.25) is 14.4 Å². The number of carbonyl (C=O) groups excluding carboxylic acids is 4. The largest absolute Gasteiger partial charge is 0.497 e. The lowest BCUT2D eigenvalue weighted by Crippen LogP contribution is -2.31. The van der Waals surface area contributed by atoms with Crippen molar-refractivity contribution in [2.24, 2.45) is 0 Å². The number of ether oxygens (including phenoxy) is 2. The van der Waals surface area contributed by atoms with E-state index >= 15 is 0 Å². The van der Waals surface area contributed by atoms with Gasteiger partial charge in [0, 0.05) is 17.5 Å². The van der Waals surface area contributed by atoms with Crippen molar-refractivity contribution in [3.63, 3.8) is 0 Å². The van der Waals surface area contributed by atoms with Gasteiger partial charge in [-0.2, -0.15) is 5.26 Å². The SMILES string of the molecule is COc1ccc(-c2ccc(C#N)c(SC3CC(=O)N(c4ccc(C(=O)OCC(=O)c5ccc(C)cc5)cc4)C3=O)n2)cc1. The smallest absolute Gasteiger partial charge is 0.338 e. The summed E-state index contributed by atoms with van der Waals surface area (Å²) >= 11 is 1.07. The molecule has 0 bridgehead atoms. The highest BCUT2D eigenvalue weighted by molar-refractivity contribution is 8.00. The van der Waals surface area contributed by atoms with Gasteiger partial charge in [-0.25, -0.2) is 14.7 Å². The van der Waals surface area contributed by atoms with E-state index in [1.165, 1.54) is 24.3 Å². The minimum absolute atomic E-state index is 0.0757. The van der Waals surface area contributed by atoms with E-state index in [0.29, 0.717) is 33.3 Å². The molecule has 0 N–H and O–H groups in total. The molecule has 0 spiro atoms. The summed E-state index contributed by atoms with van der Waals surface area (Å²) in [5.41, 5.74) is 3.63. The minimum Gasteiger partial charge on any atom is -0.497 e. The van der Waals surface area contributed by atoms with Gasteiger partial charge in [0.1, 0.15) is 16.8 Å². The molecule has 0 aliphatic carbocycles. The third-order valence-corrected chi connectivity index (χ3v) is 7.98. The minimum atomic E-state index is -0.782. The second-order valence-corrected chi connectivity index (χ2v) is 10.9. The van der Waals surface area contributed by atoms with Crippen LogP contribution in [-0.2, 0) is 14.3 Å². The van der Waals surface area contributed by atoms with Crippen LogP contribution in [0.2, 0.25) is 0 Å². The van der Waals surface area contributed by atoms with Gasteiger partial charge in [0.15, 0.2) is 12.4 Å². The molecule has 2 heterocycles. The van der Waals surface area contributed by atoms with Crippen molar-refractivity contribution in [2.75, 3.05) is 18.6 Å². The van der Waals surface area contributed by atoms with Crippen LogP contribution in [0.5, 0.6) is 5.75 Å². The number of carbonyl (C=O) groups is 4. The van der Waals surface area contributed by atoms with Crippen molar-refractivity contribution >= 4 is 41.0 Å². The van der Waals surface area contributed by atoms with Crippen molar-refractivity contribution in [1.82, 2.24) is 4.98 Å². The first kappa shape index (κ1) is 29.2. The molecule has 1 aliphatic heterocycles. The maximum Gasteiger partial charge on any atom is 0.338 e. The Bertz CT molecular complexity index is 1750. The number of nitriles is 1. The van der Waals surface area contributed by atoms with Crippen LogP contribution in [0.3, 0.4) is 0 Å². The van der Waals surface area contributed by atoms with Crippen LogP contribution in [0.15, 0.2) is 90.0 Å². The molecule has 10 heteroatoms. The van der Waals surface area contributed by atoms with Gasteiger partial charge in [-0.15, -0.1) is 0 Å². The quantitative estimate of drug-likeness (QED) is 0.143. The zero-order chi connectivity index (χ0) is 30.5. The first-order valence-electron chi connectivity index (χ1n) is 13.2. The van der Waals surface area contributed by atoms with Crippen LogP contribution < -0.4 is 9.64 Å². The Hall–Kier alpha value is -5.27. The van der Waals surface area contributed by atoms with Crippen LogP contribution in [0, 0.1) is 18.3 Å². The van der Waals surface area contributed by atoms with E-state index in [0.717, 1.165) is 27.8 Å². The molecule has 1 aromatic heterocycles.